The van der Waals surface area contributed by atoms with Gasteiger partial charge >= 0.3 is 6.18 Å². The van der Waals surface area contributed by atoms with Crippen molar-refractivity contribution >= 4 is 54.4 Å². The molecule has 0 atom stereocenters. The van der Waals surface area contributed by atoms with E-state index in [0.717, 1.165) is 29.5 Å². The van der Waals surface area contributed by atoms with Crippen molar-refractivity contribution in [1.82, 2.24) is 0 Å². The summed E-state index contributed by atoms with van der Waals surface area (Å²) >= 11 is 7.24. The van der Waals surface area contributed by atoms with E-state index in [1.807, 2.05) is 0 Å². The Morgan fingerprint density at radius 3 is 2.20 bits per heavy atom. The monoisotopic (exact) mass is 562 g/mol. The molecule has 0 aliphatic rings. The fourth-order valence-corrected chi connectivity index (χ4v) is 6.45. The van der Waals surface area contributed by atoms with Gasteiger partial charge in [0, 0.05) is 5.56 Å². The van der Waals surface area contributed by atoms with E-state index in [2.05, 4.69) is 9.44 Å². The van der Waals surface area contributed by atoms with E-state index in [9.17, 15) is 30.0 Å². The highest BCUT2D eigenvalue weighted by Crippen LogP contribution is 2.38. The quantitative estimate of drug-likeness (QED) is 0.276. The molecule has 35 heavy (non-hydrogen) atoms. The zero-order valence-electron chi connectivity index (χ0n) is 17.2. The number of thiophene rings is 1. The Morgan fingerprint density at radius 1 is 0.857 bits per heavy atom. The van der Waals surface area contributed by atoms with Gasteiger partial charge in [0.15, 0.2) is 0 Å². The van der Waals surface area contributed by atoms with Crippen LogP contribution in [0, 0.1) is 0 Å². The van der Waals surface area contributed by atoms with Gasteiger partial charge in [-0.2, -0.15) is 13.2 Å². The lowest BCUT2D eigenvalue weighted by atomic mass is 10.1. The Labute approximate surface area is 207 Å². The molecular formula is C21H14ClF3N2O5S3. The molecule has 2 aromatic heterocycles. The smallest absolute Gasteiger partial charge is 0.416 e. The minimum atomic E-state index is -4.76. The van der Waals surface area contributed by atoms with Crippen molar-refractivity contribution in [3.05, 3.63) is 82.9 Å². The highest BCUT2D eigenvalue weighted by atomic mass is 35.5. The number of furan rings is 1. The van der Waals surface area contributed by atoms with Crippen LogP contribution in [-0.2, 0) is 26.2 Å². The summed E-state index contributed by atoms with van der Waals surface area (Å²) in [6, 6.07) is 11.5. The maximum atomic E-state index is 13.1. The first-order valence-electron chi connectivity index (χ1n) is 9.51. The van der Waals surface area contributed by atoms with Gasteiger partial charge in [-0.3, -0.25) is 9.44 Å². The number of hydrogen-bond acceptors (Lipinski definition) is 6. The summed E-state index contributed by atoms with van der Waals surface area (Å²) in [5, 5.41) is 1.57. The molecule has 0 bridgehead atoms. The Bertz CT molecular complexity index is 1570. The second kappa shape index (κ2) is 9.22. The van der Waals surface area contributed by atoms with Gasteiger partial charge in [0.2, 0.25) is 0 Å². The molecule has 0 unspecified atom stereocenters. The summed E-state index contributed by atoms with van der Waals surface area (Å²) in [6.07, 6.45) is -3.41. The molecule has 7 nitrogen and oxygen atoms in total. The SMILES string of the molecule is O=S(=O)(Nc1cc(-c2ccco2)c(Cl)cc1NS(=O)(=O)c1cccs1)c1cccc(C(F)(F)F)c1. The van der Waals surface area contributed by atoms with Crippen molar-refractivity contribution < 1.29 is 34.4 Å². The molecule has 14 heteroatoms. The molecule has 0 radical (unpaired) electrons. The molecule has 2 N–H and O–H groups in total. The Morgan fingerprint density at radius 2 is 1.57 bits per heavy atom. The summed E-state index contributed by atoms with van der Waals surface area (Å²) in [4.78, 5) is -0.672. The molecule has 4 rings (SSSR count). The van der Waals surface area contributed by atoms with Gasteiger partial charge in [-0.25, -0.2) is 16.8 Å². The molecule has 0 aliphatic heterocycles. The van der Waals surface area contributed by atoms with E-state index in [0.29, 0.717) is 6.07 Å². The van der Waals surface area contributed by atoms with Crippen molar-refractivity contribution in [2.24, 2.45) is 0 Å². The van der Waals surface area contributed by atoms with Crippen LogP contribution in [0.2, 0.25) is 5.02 Å². The van der Waals surface area contributed by atoms with E-state index >= 15 is 0 Å². The molecule has 2 heterocycles. The fraction of sp³-hybridized carbons (Fsp3) is 0.0476. The lowest BCUT2D eigenvalue weighted by Crippen LogP contribution is -2.18. The van der Waals surface area contributed by atoms with Gasteiger partial charge in [-0.15, -0.1) is 11.3 Å². The predicted octanol–water partition coefficient (Wildman–Crippen LogP) is 6.28. The fourth-order valence-electron chi connectivity index (χ4n) is 3.02. The summed E-state index contributed by atoms with van der Waals surface area (Å²) in [6.45, 7) is 0. The predicted molar refractivity (Wildman–Crippen MR) is 127 cm³/mol. The van der Waals surface area contributed by atoms with Crippen LogP contribution in [0.1, 0.15) is 5.56 Å². The van der Waals surface area contributed by atoms with Crippen LogP contribution in [0.4, 0.5) is 24.5 Å². The Balaban J connectivity index is 1.81. The van der Waals surface area contributed by atoms with Gasteiger partial charge in [0.1, 0.15) is 9.97 Å². The molecule has 0 saturated heterocycles. The molecule has 2 aromatic carbocycles. The lowest BCUT2D eigenvalue weighted by molar-refractivity contribution is -0.137. The normalized spacial score (nSPS) is 12.5. The average molecular weight is 563 g/mol. The summed E-state index contributed by atoms with van der Waals surface area (Å²) in [5.41, 5.74) is -1.46. The van der Waals surface area contributed by atoms with E-state index in [1.165, 1.54) is 30.5 Å². The van der Waals surface area contributed by atoms with Crippen LogP contribution in [0.15, 0.2) is 85.8 Å². The van der Waals surface area contributed by atoms with Gasteiger partial charge < -0.3 is 4.42 Å². The molecule has 0 amide bonds. The largest absolute Gasteiger partial charge is 0.464 e. The van der Waals surface area contributed by atoms with E-state index < -0.39 is 36.7 Å². The van der Waals surface area contributed by atoms with Crippen LogP contribution in [0.3, 0.4) is 0 Å². The lowest BCUT2D eigenvalue weighted by Gasteiger charge is -2.17. The summed E-state index contributed by atoms with van der Waals surface area (Å²) < 4.78 is 101. The summed E-state index contributed by atoms with van der Waals surface area (Å²) in [5.74, 6) is 0.252. The minimum Gasteiger partial charge on any atom is -0.464 e. The molecule has 0 fully saturated rings. The van der Waals surface area contributed by atoms with Crippen molar-refractivity contribution in [3.63, 3.8) is 0 Å². The molecular weight excluding hydrogens is 549 g/mol. The van der Waals surface area contributed by atoms with E-state index in [-0.39, 0.29) is 31.9 Å². The minimum absolute atomic E-state index is 0.0332. The Hall–Kier alpha value is -3.00. The third-order valence-corrected chi connectivity index (χ3v) is 9.05. The van der Waals surface area contributed by atoms with E-state index in [1.54, 1.807) is 17.5 Å². The van der Waals surface area contributed by atoms with Gasteiger partial charge in [-0.05, 0) is 53.9 Å². The molecule has 4 aromatic rings. The molecule has 0 aliphatic carbocycles. The third kappa shape index (κ3) is 5.48. The number of rotatable bonds is 7. The maximum absolute atomic E-state index is 13.1. The maximum Gasteiger partial charge on any atom is 0.416 e. The van der Waals surface area contributed by atoms with Gasteiger partial charge in [-0.1, -0.05) is 23.7 Å². The number of alkyl halides is 3. The number of anilines is 2. The molecule has 184 valence electrons. The molecule has 0 saturated carbocycles. The average Bonchev–Trinajstić information content (AvgIpc) is 3.49. The van der Waals surface area contributed by atoms with E-state index in [4.69, 9.17) is 16.0 Å². The van der Waals surface area contributed by atoms with Crippen LogP contribution < -0.4 is 9.44 Å². The van der Waals surface area contributed by atoms with Crippen LogP contribution in [0.5, 0.6) is 0 Å². The number of nitrogens with one attached hydrogen (secondary N) is 2. The second-order valence-corrected chi connectivity index (χ2v) is 12.0. The zero-order valence-corrected chi connectivity index (χ0v) is 20.4. The summed E-state index contributed by atoms with van der Waals surface area (Å²) in [7, 11) is -8.70. The zero-order chi connectivity index (χ0) is 25.4. The Kier molecular flexibility index (Phi) is 6.62. The molecule has 0 spiro atoms. The highest BCUT2D eigenvalue weighted by molar-refractivity contribution is 7.94. The number of halogens is 4. The first-order valence-corrected chi connectivity index (χ1v) is 13.7. The standard InChI is InChI=1S/C21H14ClF3N2O5S3/c22-16-12-18(27-35(30,31)20-7-3-9-33-20)17(11-15(16)19-6-2-8-32-19)26-34(28,29)14-5-1-4-13(10-14)21(23,24)25/h1-12,26-27H. The number of hydrogen-bond donors (Lipinski definition) is 2. The number of benzene rings is 2. The van der Waals surface area contributed by atoms with Crippen LogP contribution >= 0.6 is 22.9 Å². The van der Waals surface area contributed by atoms with Crippen LogP contribution in [0.25, 0.3) is 11.3 Å². The van der Waals surface area contributed by atoms with Gasteiger partial charge in [0.05, 0.1) is 33.1 Å². The number of sulfonamides is 2. The van der Waals surface area contributed by atoms with Crippen molar-refractivity contribution in [2.45, 2.75) is 15.3 Å². The highest BCUT2D eigenvalue weighted by Gasteiger charge is 2.32. The van der Waals surface area contributed by atoms with Crippen molar-refractivity contribution in [2.75, 3.05) is 9.44 Å². The van der Waals surface area contributed by atoms with Crippen LogP contribution in [-0.4, -0.2) is 16.8 Å². The first kappa shape index (κ1) is 25.1. The third-order valence-electron chi connectivity index (χ3n) is 4.61. The topological polar surface area (TPSA) is 105 Å². The van der Waals surface area contributed by atoms with Crippen molar-refractivity contribution in [1.29, 1.82) is 0 Å². The second-order valence-electron chi connectivity index (χ2n) is 7.02. The van der Waals surface area contributed by atoms with Gasteiger partial charge in [0.25, 0.3) is 20.0 Å². The first-order chi connectivity index (χ1) is 16.4. The van der Waals surface area contributed by atoms with Crippen molar-refractivity contribution in [3.8, 4) is 11.3 Å².